The summed E-state index contributed by atoms with van der Waals surface area (Å²) >= 11 is 0. The zero-order valence-electron chi connectivity index (χ0n) is 6.81. The van der Waals surface area contributed by atoms with Gasteiger partial charge in [0, 0.05) is 26.0 Å². The van der Waals surface area contributed by atoms with E-state index in [-0.39, 0.29) is 0 Å². The number of rotatable bonds is 2. The van der Waals surface area contributed by atoms with E-state index in [1.165, 1.54) is 11.4 Å². The van der Waals surface area contributed by atoms with Crippen molar-refractivity contribution in [1.82, 2.24) is 4.57 Å². The maximum atomic E-state index is 3.15. The minimum atomic E-state index is 1.08. The molecule has 2 heteroatoms. The molecule has 0 unspecified atom stereocenters. The molecule has 0 amide bonds. The third kappa shape index (κ3) is 1.01. The molecule has 0 radical (unpaired) electrons. The van der Waals surface area contributed by atoms with E-state index in [4.69, 9.17) is 0 Å². The van der Waals surface area contributed by atoms with Crippen molar-refractivity contribution in [1.29, 1.82) is 0 Å². The summed E-state index contributed by atoms with van der Waals surface area (Å²) in [4.78, 5) is 0. The maximum Gasteiger partial charge on any atom is 0.0550 e. The summed E-state index contributed by atoms with van der Waals surface area (Å²) in [6.45, 7) is 2.16. The number of aryl methyl sites for hydroxylation is 1. The first kappa shape index (κ1) is 7.19. The second-order valence-corrected chi connectivity index (χ2v) is 2.39. The highest BCUT2D eigenvalue weighted by Gasteiger charge is 2.00. The van der Waals surface area contributed by atoms with Gasteiger partial charge in [0.05, 0.1) is 5.69 Å². The molecule has 1 aromatic rings. The molecule has 0 aromatic carbocycles. The van der Waals surface area contributed by atoms with Gasteiger partial charge in [0.1, 0.15) is 0 Å². The summed E-state index contributed by atoms with van der Waals surface area (Å²) in [6, 6.07) is 2.10. The lowest BCUT2D eigenvalue weighted by atomic mass is 10.3. The summed E-state index contributed by atoms with van der Waals surface area (Å²) < 4.78 is 2.14. The van der Waals surface area contributed by atoms with Crippen LogP contribution < -0.4 is 5.32 Å². The first-order valence-corrected chi connectivity index (χ1v) is 3.61. The number of aromatic nitrogens is 1. The Hall–Kier alpha value is -0.920. The molecule has 0 atom stereocenters. The lowest BCUT2D eigenvalue weighted by Gasteiger charge is -2.02. The Morgan fingerprint density at radius 1 is 1.60 bits per heavy atom. The Kier molecular flexibility index (Phi) is 2.00. The van der Waals surface area contributed by atoms with Gasteiger partial charge in [-0.2, -0.15) is 0 Å². The largest absolute Gasteiger partial charge is 0.387 e. The van der Waals surface area contributed by atoms with E-state index in [0.29, 0.717) is 0 Å². The van der Waals surface area contributed by atoms with Gasteiger partial charge in [0.15, 0.2) is 0 Å². The molecule has 56 valence electrons. The van der Waals surface area contributed by atoms with E-state index in [1.807, 2.05) is 7.05 Å². The van der Waals surface area contributed by atoms with Crippen molar-refractivity contribution in [3.63, 3.8) is 0 Å². The average molecular weight is 138 g/mol. The van der Waals surface area contributed by atoms with Crippen molar-refractivity contribution < 1.29 is 0 Å². The summed E-state index contributed by atoms with van der Waals surface area (Å²) in [5, 5.41) is 3.15. The Bertz CT molecular complexity index is 213. The van der Waals surface area contributed by atoms with Crippen LogP contribution >= 0.6 is 0 Å². The molecule has 0 fully saturated rings. The number of anilines is 1. The first-order chi connectivity index (χ1) is 4.79. The van der Waals surface area contributed by atoms with Gasteiger partial charge in [-0.15, -0.1) is 0 Å². The molecule has 1 heterocycles. The van der Waals surface area contributed by atoms with Gasteiger partial charge in [-0.3, -0.25) is 0 Å². The molecular formula is C8H14N2. The Labute approximate surface area is 61.9 Å². The zero-order valence-corrected chi connectivity index (χ0v) is 6.81. The van der Waals surface area contributed by atoms with Crippen LogP contribution in [0.1, 0.15) is 12.6 Å². The molecule has 1 rings (SSSR count). The Morgan fingerprint density at radius 3 is 2.70 bits per heavy atom. The normalized spacial score (nSPS) is 9.90. The van der Waals surface area contributed by atoms with Gasteiger partial charge >= 0.3 is 0 Å². The Balaban J connectivity index is 3.01. The minimum Gasteiger partial charge on any atom is -0.387 e. The second-order valence-electron chi connectivity index (χ2n) is 2.39. The van der Waals surface area contributed by atoms with E-state index in [0.717, 1.165) is 6.42 Å². The average Bonchev–Trinajstić information content (AvgIpc) is 2.30. The first-order valence-electron chi connectivity index (χ1n) is 3.61. The summed E-state index contributed by atoms with van der Waals surface area (Å²) in [5.74, 6) is 0. The van der Waals surface area contributed by atoms with Gasteiger partial charge in [-0.05, 0) is 12.5 Å². The highest BCUT2D eigenvalue weighted by atomic mass is 15.0. The highest BCUT2D eigenvalue weighted by Crippen LogP contribution is 2.15. The quantitative estimate of drug-likeness (QED) is 0.657. The van der Waals surface area contributed by atoms with Crippen LogP contribution in [-0.2, 0) is 13.5 Å². The van der Waals surface area contributed by atoms with Crippen LogP contribution in [0.25, 0.3) is 0 Å². The molecule has 0 aliphatic rings. The lowest BCUT2D eigenvalue weighted by Crippen LogP contribution is -1.96. The van der Waals surface area contributed by atoms with Gasteiger partial charge < -0.3 is 9.88 Å². The van der Waals surface area contributed by atoms with Crippen LogP contribution in [0, 0.1) is 0 Å². The predicted octanol–water partition coefficient (Wildman–Crippen LogP) is 1.63. The number of nitrogens with one attached hydrogen (secondary N) is 1. The van der Waals surface area contributed by atoms with E-state index >= 15 is 0 Å². The third-order valence-electron chi connectivity index (χ3n) is 1.81. The minimum absolute atomic E-state index is 1.08. The predicted molar refractivity (Wildman–Crippen MR) is 44.3 cm³/mol. The standard InChI is InChI=1S/C8H14N2/c1-4-8-7(9-2)5-6-10(8)3/h5-6,9H,4H2,1-3H3. The van der Waals surface area contributed by atoms with Gasteiger partial charge in [0.25, 0.3) is 0 Å². The molecule has 0 saturated carbocycles. The molecule has 1 aromatic heterocycles. The van der Waals surface area contributed by atoms with Crippen molar-refractivity contribution >= 4 is 5.69 Å². The molecule has 0 bridgehead atoms. The molecule has 2 nitrogen and oxygen atoms in total. The van der Waals surface area contributed by atoms with Gasteiger partial charge in [0.2, 0.25) is 0 Å². The van der Waals surface area contributed by atoms with Crippen LogP contribution in [-0.4, -0.2) is 11.6 Å². The molecule has 10 heavy (non-hydrogen) atoms. The second kappa shape index (κ2) is 2.78. The van der Waals surface area contributed by atoms with Crippen LogP contribution in [0.5, 0.6) is 0 Å². The van der Waals surface area contributed by atoms with Crippen molar-refractivity contribution in [2.24, 2.45) is 7.05 Å². The summed E-state index contributed by atoms with van der Waals surface area (Å²) in [6.07, 6.45) is 3.16. The molecule has 0 spiro atoms. The fraction of sp³-hybridized carbons (Fsp3) is 0.500. The van der Waals surface area contributed by atoms with Crippen LogP contribution in [0.4, 0.5) is 5.69 Å². The smallest absolute Gasteiger partial charge is 0.0550 e. The fourth-order valence-electron chi connectivity index (χ4n) is 1.23. The van der Waals surface area contributed by atoms with Gasteiger partial charge in [-0.25, -0.2) is 0 Å². The van der Waals surface area contributed by atoms with Crippen LogP contribution in [0.3, 0.4) is 0 Å². The van der Waals surface area contributed by atoms with Crippen LogP contribution in [0.15, 0.2) is 12.3 Å². The van der Waals surface area contributed by atoms with Crippen molar-refractivity contribution in [3.8, 4) is 0 Å². The molecule has 0 saturated heterocycles. The highest BCUT2D eigenvalue weighted by molar-refractivity contribution is 5.48. The van der Waals surface area contributed by atoms with E-state index in [9.17, 15) is 0 Å². The van der Waals surface area contributed by atoms with E-state index in [2.05, 4.69) is 36.1 Å². The van der Waals surface area contributed by atoms with Crippen molar-refractivity contribution in [2.75, 3.05) is 12.4 Å². The fourth-order valence-corrected chi connectivity index (χ4v) is 1.23. The van der Waals surface area contributed by atoms with Crippen molar-refractivity contribution in [3.05, 3.63) is 18.0 Å². The van der Waals surface area contributed by atoms with Crippen molar-refractivity contribution in [2.45, 2.75) is 13.3 Å². The molecule has 0 aliphatic carbocycles. The third-order valence-corrected chi connectivity index (χ3v) is 1.81. The molecular weight excluding hydrogens is 124 g/mol. The summed E-state index contributed by atoms with van der Waals surface area (Å²) in [7, 11) is 4.02. The SMILES string of the molecule is CCc1c(NC)ccn1C. The molecule has 1 N–H and O–H groups in total. The number of nitrogens with zero attached hydrogens (tertiary/aromatic N) is 1. The van der Waals surface area contributed by atoms with Crippen LogP contribution in [0.2, 0.25) is 0 Å². The lowest BCUT2D eigenvalue weighted by molar-refractivity contribution is 0.839. The zero-order chi connectivity index (χ0) is 7.56. The monoisotopic (exact) mass is 138 g/mol. The molecule has 0 aliphatic heterocycles. The van der Waals surface area contributed by atoms with Gasteiger partial charge in [-0.1, -0.05) is 6.92 Å². The summed E-state index contributed by atoms with van der Waals surface area (Å²) in [5.41, 5.74) is 2.60. The maximum absolute atomic E-state index is 3.15. The number of hydrogen-bond donors (Lipinski definition) is 1. The van der Waals surface area contributed by atoms with E-state index < -0.39 is 0 Å². The number of hydrogen-bond acceptors (Lipinski definition) is 1. The topological polar surface area (TPSA) is 17.0 Å². The van der Waals surface area contributed by atoms with E-state index in [1.54, 1.807) is 0 Å². The Morgan fingerprint density at radius 2 is 2.30 bits per heavy atom.